The van der Waals surface area contributed by atoms with Crippen molar-refractivity contribution < 1.29 is 0 Å². The van der Waals surface area contributed by atoms with Crippen LogP contribution in [0.1, 0.15) is 5.56 Å². The fourth-order valence-electron chi connectivity index (χ4n) is 0.941. The van der Waals surface area contributed by atoms with Gasteiger partial charge in [0, 0.05) is 6.54 Å². The summed E-state index contributed by atoms with van der Waals surface area (Å²) in [6, 6.07) is 10.1. The minimum absolute atomic E-state index is 0.716. The second-order valence-electron chi connectivity index (χ2n) is 2.47. The number of hydrogen-bond acceptors (Lipinski definition) is 1. The molecule has 0 heterocycles. The van der Waals surface area contributed by atoms with Crippen LogP contribution in [0.2, 0.25) is 0 Å². The molecule has 0 aromatic heterocycles. The molecule has 0 bridgehead atoms. The highest BCUT2D eigenvalue weighted by molar-refractivity contribution is 7.78. The Kier molecular flexibility index (Phi) is 3.48. The fourth-order valence-corrected chi connectivity index (χ4v) is 1.02. The van der Waals surface area contributed by atoms with E-state index in [-0.39, 0.29) is 0 Å². The molecule has 1 N–H and O–H groups in total. The molecule has 1 rings (SSSR count). The monoisotopic (exact) mass is 177 g/mol. The lowest BCUT2D eigenvalue weighted by Crippen LogP contribution is -2.11. The van der Waals surface area contributed by atoms with E-state index in [4.69, 9.17) is 0 Å². The Bertz CT molecular complexity index is 266. The molecule has 2 heteroatoms. The highest BCUT2D eigenvalue weighted by Crippen LogP contribution is 2.09. The van der Waals surface area contributed by atoms with Crippen molar-refractivity contribution in [2.75, 3.05) is 6.54 Å². The van der Waals surface area contributed by atoms with Gasteiger partial charge >= 0.3 is 0 Å². The van der Waals surface area contributed by atoms with Crippen LogP contribution in [0, 0.1) is 0 Å². The zero-order chi connectivity index (χ0) is 8.81. The van der Waals surface area contributed by atoms with Crippen molar-refractivity contribution in [3.05, 3.63) is 42.5 Å². The first-order chi connectivity index (χ1) is 5.84. The number of rotatable bonds is 4. The molecular weight excluding hydrogens is 166 g/mol. The summed E-state index contributed by atoms with van der Waals surface area (Å²) in [5, 5.41) is 2.94. The summed E-state index contributed by atoms with van der Waals surface area (Å²) >= 11 is 4.64. The number of nitrogens with one attached hydrogen (secondary N) is 1. The first-order valence-electron chi connectivity index (χ1n) is 3.75. The van der Waals surface area contributed by atoms with E-state index in [1.54, 1.807) is 0 Å². The average Bonchev–Trinajstić information content (AvgIpc) is 2.15. The topological polar surface area (TPSA) is 12.0 Å². The van der Waals surface area contributed by atoms with Crippen LogP contribution in [0.25, 0.3) is 5.57 Å². The van der Waals surface area contributed by atoms with E-state index in [0.717, 1.165) is 11.1 Å². The lowest BCUT2D eigenvalue weighted by atomic mass is 10.1. The van der Waals surface area contributed by atoms with Crippen LogP contribution in [0.15, 0.2) is 36.9 Å². The highest BCUT2D eigenvalue weighted by atomic mass is 32.1. The Morgan fingerprint density at radius 3 is 2.67 bits per heavy atom. The normalized spacial score (nSPS) is 9.00. The standard InChI is InChI=1S/C10H11NS/c1-9(7-11-8-12)10-5-3-2-4-6-10/h2-6,8H,1,7H2,(H,11,12). The molecule has 0 aliphatic carbocycles. The molecule has 0 amide bonds. The largest absolute Gasteiger partial charge is 0.378 e. The van der Waals surface area contributed by atoms with Gasteiger partial charge in [0.05, 0.1) is 5.49 Å². The Hall–Kier alpha value is -1.15. The Morgan fingerprint density at radius 2 is 2.08 bits per heavy atom. The van der Waals surface area contributed by atoms with E-state index in [1.165, 1.54) is 5.49 Å². The summed E-state index contributed by atoms with van der Waals surface area (Å²) in [5.41, 5.74) is 3.72. The lowest BCUT2D eigenvalue weighted by molar-refractivity contribution is 1.10. The molecule has 0 saturated heterocycles. The Labute approximate surface area is 78.1 Å². The zero-order valence-electron chi connectivity index (χ0n) is 6.79. The molecule has 0 radical (unpaired) electrons. The van der Waals surface area contributed by atoms with Crippen molar-refractivity contribution in [2.24, 2.45) is 0 Å². The predicted octanol–water partition coefficient (Wildman–Crippen LogP) is 2.25. The summed E-state index contributed by atoms with van der Waals surface area (Å²) < 4.78 is 0. The van der Waals surface area contributed by atoms with Crippen molar-refractivity contribution in [3.63, 3.8) is 0 Å². The minimum atomic E-state index is 0.716. The van der Waals surface area contributed by atoms with Gasteiger partial charge in [0.25, 0.3) is 0 Å². The molecule has 1 aromatic rings. The van der Waals surface area contributed by atoms with Gasteiger partial charge in [-0.15, -0.1) is 0 Å². The van der Waals surface area contributed by atoms with Gasteiger partial charge in [-0.1, -0.05) is 49.1 Å². The summed E-state index contributed by atoms with van der Waals surface area (Å²) in [6.45, 7) is 4.65. The molecule has 0 aliphatic heterocycles. The van der Waals surface area contributed by atoms with Crippen LogP contribution in [0.4, 0.5) is 0 Å². The summed E-state index contributed by atoms with van der Waals surface area (Å²) in [6.07, 6.45) is 0. The molecule has 62 valence electrons. The third-order valence-corrected chi connectivity index (χ3v) is 1.75. The van der Waals surface area contributed by atoms with E-state index in [9.17, 15) is 0 Å². The quantitative estimate of drug-likeness (QED) is 0.708. The minimum Gasteiger partial charge on any atom is -0.378 e. The van der Waals surface area contributed by atoms with E-state index >= 15 is 0 Å². The first-order valence-corrected chi connectivity index (χ1v) is 4.22. The van der Waals surface area contributed by atoms with Gasteiger partial charge in [0.1, 0.15) is 0 Å². The van der Waals surface area contributed by atoms with Crippen LogP contribution >= 0.6 is 12.2 Å². The molecule has 1 aromatic carbocycles. The SMILES string of the molecule is C=C(CNC=S)c1ccccc1. The summed E-state index contributed by atoms with van der Waals surface area (Å²) in [7, 11) is 0. The predicted molar refractivity (Wildman–Crippen MR) is 57.1 cm³/mol. The second-order valence-corrected chi connectivity index (χ2v) is 2.70. The second kappa shape index (κ2) is 4.67. The molecule has 0 atom stereocenters. The first kappa shape index (κ1) is 8.94. The number of benzene rings is 1. The molecule has 0 unspecified atom stereocenters. The summed E-state index contributed by atoms with van der Waals surface area (Å²) in [5.74, 6) is 0. The van der Waals surface area contributed by atoms with Gasteiger partial charge in [-0.2, -0.15) is 0 Å². The van der Waals surface area contributed by atoms with Gasteiger partial charge in [-0.05, 0) is 11.1 Å². The van der Waals surface area contributed by atoms with E-state index in [1.807, 2.05) is 30.3 Å². The van der Waals surface area contributed by atoms with Gasteiger partial charge in [-0.25, -0.2) is 0 Å². The van der Waals surface area contributed by atoms with Crippen molar-refractivity contribution in [2.45, 2.75) is 0 Å². The van der Waals surface area contributed by atoms with Gasteiger partial charge in [-0.3, -0.25) is 0 Å². The molecule has 0 fully saturated rings. The Morgan fingerprint density at radius 1 is 1.42 bits per heavy atom. The number of thiocarbonyl (C=S) groups is 1. The van der Waals surface area contributed by atoms with Crippen LogP contribution < -0.4 is 5.32 Å². The molecule has 0 saturated carbocycles. The summed E-state index contributed by atoms with van der Waals surface area (Å²) in [4.78, 5) is 0. The third kappa shape index (κ3) is 2.47. The van der Waals surface area contributed by atoms with Gasteiger partial charge in [0.2, 0.25) is 0 Å². The molecule has 0 spiro atoms. The van der Waals surface area contributed by atoms with Crippen LogP contribution in [-0.4, -0.2) is 12.0 Å². The van der Waals surface area contributed by atoms with Crippen molar-refractivity contribution in [1.82, 2.24) is 5.32 Å². The van der Waals surface area contributed by atoms with E-state index < -0.39 is 0 Å². The van der Waals surface area contributed by atoms with Crippen molar-refractivity contribution in [3.8, 4) is 0 Å². The van der Waals surface area contributed by atoms with Crippen LogP contribution in [0.5, 0.6) is 0 Å². The number of hydrogen-bond donors (Lipinski definition) is 1. The molecule has 12 heavy (non-hydrogen) atoms. The zero-order valence-corrected chi connectivity index (χ0v) is 7.60. The van der Waals surface area contributed by atoms with Gasteiger partial charge in [0.15, 0.2) is 0 Å². The van der Waals surface area contributed by atoms with Crippen molar-refractivity contribution >= 4 is 23.3 Å². The highest BCUT2D eigenvalue weighted by Gasteiger charge is 1.94. The average molecular weight is 177 g/mol. The maximum Gasteiger partial charge on any atom is 0.0617 e. The lowest BCUT2D eigenvalue weighted by Gasteiger charge is -2.04. The fraction of sp³-hybridized carbons (Fsp3) is 0.100. The van der Waals surface area contributed by atoms with E-state index in [0.29, 0.717) is 6.54 Å². The molecule has 0 aliphatic rings. The maximum absolute atomic E-state index is 4.64. The van der Waals surface area contributed by atoms with Crippen LogP contribution in [-0.2, 0) is 0 Å². The third-order valence-electron chi connectivity index (χ3n) is 1.58. The smallest absolute Gasteiger partial charge is 0.0617 e. The molecule has 1 nitrogen and oxygen atoms in total. The van der Waals surface area contributed by atoms with Crippen molar-refractivity contribution in [1.29, 1.82) is 0 Å². The Balaban J connectivity index is 2.59. The van der Waals surface area contributed by atoms with Gasteiger partial charge < -0.3 is 5.32 Å². The molecular formula is C10H11NS. The van der Waals surface area contributed by atoms with E-state index in [2.05, 4.69) is 24.1 Å². The maximum atomic E-state index is 4.64. The van der Waals surface area contributed by atoms with Crippen LogP contribution in [0.3, 0.4) is 0 Å².